The van der Waals surface area contributed by atoms with E-state index < -0.39 is 5.91 Å². The number of ketones is 1. The zero-order valence-corrected chi connectivity index (χ0v) is 7.76. The van der Waals surface area contributed by atoms with E-state index in [0.717, 1.165) is 0 Å². The summed E-state index contributed by atoms with van der Waals surface area (Å²) in [6.07, 6.45) is 3.39. The number of Topliss-reactive ketones (excluding diaryl/α,β-unsaturated/α-hetero) is 1. The minimum Gasteiger partial charge on any atom is -0.366 e. The second kappa shape index (κ2) is 4.04. The maximum Gasteiger partial charge on any atom is 0.241 e. The van der Waals surface area contributed by atoms with Crippen LogP contribution < -0.4 is 5.73 Å². The molecule has 3 heteroatoms. The van der Waals surface area contributed by atoms with Crippen molar-refractivity contribution in [2.75, 3.05) is 0 Å². The van der Waals surface area contributed by atoms with Gasteiger partial charge in [-0.3, -0.25) is 9.59 Å². The number of hydrogen-bond donors (Lipinski definition) is 1. The van der Waals surface area contributed by atoms with E-state index in [9.17, 15) is 9.59 Å². The lowest BCUT2D eigenvalue weighted by molar-refractivity contribution is -0.118. The number of nitrogens with two attached hydrogens (primary N) is 1. The van der Waals surface area contributed by atoms with Crippen molar-refractivity contribution >= 4 is 11.7 Å². The molecule has 68 valence electrons. The van der Waals surface area contributed by atoms with Crippen LogP contribution >= 0.6 is 0 Å². The minimum absolute atomic E-state index is 0.106. The molecule has 0 radical (unpaired) electrons. The van der Waals surface area contributed by atoms with Gasteiger partial charge in [0.05, 0.1) is 0 Å². The molecule has 0 aromatic carbocycles. The third-order valence-corrected chi connectivity index (χ3v) is 1.40. The Morgan fingerprint density at radius 3 is 2.25 bits per heavy atom. The van der Waals surface area contributed by atoms with Gasteiger partial charge in [-0.05, 0) is 18.4 Å². The first kappa shape index (κ1) is 10.9. The molecule has 0 saturated heterocycles. The van der Waals surface area contributed by atoms with Crippen LogP contribution in [0.15, 0.2) is 12.2 Å². The fraction of sp³-hybridized carbons (Fsp3) is 0.556. The zero-order chi connectivity index (χ0) is 9.78. The van der Waals surface area contributed by atoms with Crippen LogP contribution in [0, 0.1) is 5.41 Å². The SMILES string of the molecule is CC(=O)CC(C)(C)C=CC(N)=O. The molecule has 0 heterocycles. The first-order chi connectivity index (χ1) is 5.33. The topological polar surface area (TPSA) is 60.2 Å². The van der Waals surface area contributed by atoms with Crippen molar-refractivity contribution in [3.8, 4) is 0 Å². The molecule has 0 saturated carbocycles. The van der Waals surface area contributed by atoms with Crippen LogP contribution in [0.3, 0.4) is 0 Å². The van der Waals surface area contributed by atoms with Gasteiger partial charge in [-0.1, -0.05) is 19.9 Å². The van der Waals surface area contributed by atoms with E-state index in [2.05, 4.69) is 0 Å². The number of carbonyl (C=O) groups excluding carboxylic acids is 2. The highest BCUT2D eigenvalue weighted by Crippen LogP contribution is 2.21. The molecule has 0 fully saturated rings. The van der Waals surface area contributed by atoms with Crippen LogP contribution in [-0.2, 0) is 9.59 Å². The largest absolute Gasteiger partial charge is 0.366 e. The smallest absolute Gasteiger partial charge is 0.241 e. The highest BCUT2D eigenvalue weighted by molar-refractivity contribution is 5.86. The van der Waals surface area contributed by atoms with Gasteiger partial charge in [0.25, 0.3) is 0 Å². The molecule has 0 rings (SSSR count). The van der Waals surface area contributed by atoms with E-state index in [1.54, 1.807) is 6.08 Å². The third-order valence-electron chi connectivity index (χ3n) is 1.40. The van der Waals surface area contributed by atoms with Crippen LogP contribution in [0.25, 0.3) is 0 Å². The highest BCUT2D eigenvalue weighted by atomic mass is 16.1. The number of allylic oxidation sites excluding steroid dienone is 1. The lowest BCUT2D eigenvalue weighted by atomic mass is 9.87. The molecule has 0 bridgehead atoms. The van der Waals surface area contributed by atoms with Gasteiger partial charge in [0.2, 0.25) is 5.91 Å². The van der Waals surface area contributed by atoms with Crippen molar-refractivity contribution in [1.82, 2.24) is 0 Å². The van der Waals surface area contributed by atoms with Crippen LogP contribution in [0.5, 0.6) is 0 Å². The number of rotatable bonds is 4. The van der Waals surface area contributed by atoms with Crippen LogP contribution in [0.1, 0.15) is 27.2 Å². The summed E-state index contributed by atoms with van der Waals surface area (Å²) in [5.74, 6) is -0.374. The predicted octanol–water partition coefficient (Wildman–Crippen LogP) is 1.03. The van der Waals surface area contributed by atoms with Crippen molar-refractivity contribution in [1.29, 1.82) is 0 Å². The van der Waals surface area contributed by atoms with Gasteiger partial charge < -0.3 is 5.73 Å². The molecule has 0 unspecified atom stereocenters. The van der Waals surface area contributed by atoms with E-state index in [0.29, 0.717) is 6.42 Å². The first-order valence-corrected chi connectivity index (χ1v) is 3.81. The van der Waals surface area contributed by atoms with Gasteiger partial charge in [-0.15, -0.1) is 0 Å². The Balaban J connectivity index is 4.21. The second-order valence-corrected chi connectivity index (χ2v) is 3.60. The Labute approximate surface area is 72.6 Å². The van der Waals surface area contributed by atoms with Crippen molar-refractivity contribution < 1.29 is 9.59 Å². The van der Waals surface area contributed by atoms with Gasteiger partial charge in [0.15, 0.2) is 0 Å². The summed E-state index contributed by atoms with van der Waals surface area (Å²) in [5, 5.41) is 0. The van der Waals surface area contributed by atoms with E-state index in [4.69, 9.17) is 5.73 Å². The number of primary amides is 1. The molecular formula is C9H15NO2. The summed E-state index contributed by atoms with van der Waals surface area (Å²) < 4.78 is 0. The van der Waals surface area contributed by atoms with Crippen molar-refractivity contribution in [3.63, 3.8) is 0 Å². The molecule has 0 aromatic heterocycles. The maximum absolute atomic E-state index is 10.8. The van der Waals surface area contributed by atoms with Crippen molar-refractivity contribution in [3.05, 3.63) is 12.2 Å². The van der Waals surface area contributed by atoms with Crippen molar-refractivity contribution in [2.24, 2.45) is 11.1 Å². The van der Waals surface area contributed by atoms with Gasteiger partial charge in [0, 0.05) is 6.42 Å². The van der Waals surface area contributed by atoms with Gasteiger partial charge in [0.1, 0.15) is 5.78 Å². The standard InChI is InChI=1S/C9H15NO2/c1-7(11)6-9(2,3)5-4-8(10)12/h4-5H,6H2,1-3H3,(H2,10,12). The molecule has 12 heavy (non-hydrogen) atoms. The average molecular weight is 169 g/mol. The maximum atomic E-state index is 10.8. The molecule has 0 aliphatic rings. The number of amides is 1. The van der Waals surface area contributed by atoms with E-state index >= 15 is 0 Å². The van der Waals surface area contributed by atoms with Gasteiger partial charge in [-0.25, -0.2) is 0 Å². The van der Waals surface area contributed by atoms with Gasteiger partial charge >= 0.3 is 0 Å². The molecule has 0 spiro atoms. The summed E-state index contributed by atoms with van der Waals surface area (Å²) >= 11 is 0. The molecule has 0 atom stereocenters. The normalized spacial score (nSPS) is 11.9. The lowest BCUT2D eigenvalue weighted by Gasteiger charge is -2.17. The van der Waals surface area contributed by atoms with E-state index in [1.807, 2.05) is 13.8 Å². The summed E-state index contributed by atoms with van der Waals surface area (Å²) in [7, 11) is 0. The molecule has 0 aromatic rings. The Bertz CT molecular complexity index is 217. The van der Waals surface area contributed by atoms with Crippen LogP contribution in [-0.4, -0.2) is 11.7 Å². The fourth-order valence-electron chi connectivity index (χ4n) is 1.01. The van der Waals surface area contributed by atoms with E-state index in [-0.39, 0.29) is 11.2 Å². The van der Waals surface area contributed by atoms with Crippen molar-refractivity contribution in [2.45, 2.75) is 27.2 Å². The number of hydrogen-bond acceptors (Lipinski definition) is 2. The highest BCUT2D eigenvalue weighted by Gasteiger charge is 2.16. The summed E-state index contributed by atoms with van der Waals surface area (Å²) in [5.41, 5.74) is 4.64. The predicted molar refractivity (Wildman–Crippen MR) is 47.4 cm³/mol. The Morgan fingerprint density at radius 1 is 1.42 bits per heavy atom. The fourth-order valence-corrected chi connectivity index (χ4v) is 1.01. The number of carbonyl (C=O) groups is 2. The third kappa shape index (κ3) is 5.65. The second-order valence-electron chi connectivity index (χ2n) is 3.60. The molecule has 2 N–H and O–H groups in total. The minimum atomic E-state index is -0.480. The summed E-state index contributed by atoms with van der Waals surface area (Å²) in [6.45, 7) is 5.29. The Hall–Kier alpha value is -1.12. The molecule has 0 aliphatic heterocycles. The van der Waals surface area contributed by atoms with E-state index in [1.165, 1.54) is 13.0 Å². The van der Waals surface area contributed by atoms with Gasteiger partial charge in [-0.2, -0.15) is 0 Å². The monoisotopic (exact) mass is 169 g/mol. The molecular weight excluding hydrogens is 154 g/mol. The van der Waals surface area contributed by atoms with Crippen LogP contribution in [0.4, 0.5) is 0 Å². The summed E-state index contributed by atoms with van der Waals surface area (Å²) in [6, 6.07) is 0. The lowest BCUT2D eigenvalue weighted by Crippen LogP contribution is -2.14. The van der Waals surface area contributed by atoms with Crippen LogP contribution in [0.2, 0.25) is 0 Å². The molecule has 0 aliphatic carbocycles. The summed E-state index contributed by atoms with van der Waals surface area (Å²) in [4.78, 5) is 21.1. The Kier molecular flexibility index (Phi) is 3.67. The molecule has 3 nitrogen and oxygen atoms in total. The molecule has 1 amide bonds. The average Bonchev–Trinajstić information content (AvgIpc) is 1.81. The zero-order valence-electron chi connectivity index (χ0n) is 7.76. The quantitative estimate of drug-likeness (QED) is 0.639. The Morgan fingerprint density at radius 2 is 1.92 bits per heavy atom. The first-order valence-electron chi connectivity index (χ1n) is 3.81.